The van der Waals surface area contributed by atoms with Crippen LogP contribution in [0, 0.1) is 6.92 Å². The Hall–Kier alpha value is -2.82. The number of aromatic amines is 1. The van der Waals surface area contributed by atoms with Gasteiger partial charge < -0.3 is 14.7 Å². The van der Waals surface area contributed by atoms with E-state index in [1.54, 1.807) is 6.08 Å². The maximum Gasteiger partial charge on any atom is 0.244 e. The van der Waals surface area contributed by atoms with E-state index in [0.717, 1.165) is 22.6 Å². The highest BCUT2D eigenvalue weighted by Gasteiger charge is 2.03. The van der Waals surface area contributed by atoms with E-state index in [9.17, 15) is 4.79 Å². The van der Waals surface area contributed by atoms with Crippen LogP contribution in [0.5, 0.6) is 0 Å². The molecule has 21 heavy (non-hydrogen) atoms. The number of fused-ring (bicyclic) bond motifs is 1. The van der Waals surface area contributed by atoms with E-state index in [4.69, 9.17) is 4.42 Å². The van der Waals surface area contributed by atoms with Gasteiger partial charge in [-0.15, -0.1) is 0 Å². The Balaban J connectivity index is 1.59. The smallest absolute Gasteiger partial charge is 0.244 e. The van der Waals surface area contributed by atoms with Crippen LogP contribution in [0.4, 0.5) is 0 Å². The van der Waals surface area contributed by atoms with Gasteiger partial charge >= 0.3 is 0 Å². The Morgan fingerprint density at radius 2 is 2.19 bits per heavy atom. The van der Waals surface area contributed by atoms with Crippen molar-refractivity contribution in [3.8, 4) is 0 Å². The summed E-state index contributed by atoms with van der Waals surface area (Å²) in [5.41, 5.74) is 1.85. The Morgan fingerprint density at radius 3 is 2.95 bits per heavy atom. The Bertz CT molecular complexity index is 766. The number of carbonyl (C=O) groups is 1. The Labute approximate surface area is 121 Å². The average molecular weight is 281 g/mol. The molecule has 0 aliphatic rings. The zero-order valence-electron chi connectivity index (χ0n) is 11.6. The van der Waals surface area contributed by atoms with Crippen LogP contribution in [0.2, 0.25) is 0 Å². The van der Waals surface area contributed by atoms with E-state index in [0.29, 0.717) is 12.3 Å². The molecule has 0 unspecified atom stereocenters. The number of hydrogen-bond acceptors (Lipinski definition) is 3. The monoisotopic (exact) mass is 281 g/mol. The molecule has 0 saturated carbocycles. The predicted octanol–water partition coefficient (Wildman–Crippen LogP) is 2.79. The van der Waals surface area contributed by atoms with Crippen molar-refractivity contribution < 1.29 is 9.21 Å². The normalized spacial score (nSPS) is 11.3. The number of imidazole rings is 1. The number of carbonyl (C=O) groups excluding carboxylic acids is 1. The van der Waals surface area contributed by atoms with Crippen molar-refractivity contribution in [2.45, 2.75) is 13.5 Å². The lowest BCUT2D eigenvalue weighted by atomic mass is 10.3. The number of rotatable bonds is 4. The summed E-state index contributed by atoms with van der Waals surface area (Å²) >= 11 is 0. The fourth-order valence-corrected chi connectivity index (χ4v) is 2.02. The van der Waals surface area contributed by atoms with Crippen molar-refractivity contribution >= 4 is 23.0 Å². The quantitative estimate of drug-likeness (QED) is 0.722. The summed E-state index contributed by atoms with van der Waals surface area (Å²) in [6.07, 6.45) is 3.09. The van der Waals surface area contributed by atoms with E-state index in [1.165, 1.54) is 6.08 Å². The first-order valence-corrected chi connectivity index (χ1v) is 6.67. The summed E-state index contributed by atoms with van der Waals surface area (Å²) in [5.74, 6) is 2.01. The highest BCUT2D eigenvalue weighted by Crippen LogP contribution is 2.10. The van der Waals surface area contributed by atoms with Crippen LogP contribution in [0.15, 0.2) is 46.9 Å². The van der Waals surface area contributed by atoms with E-state index in [1.807, 2.05) is 43.3 Å². The fourth-order valence-electron chi connectivity index (χ4n) is 2.02. The number of furan rings is 1. The molecule has 0 bridgehead atoms. The molecule has 3 aromatic rings. The number of hydrogen-bond donors (Lipinski definition) is 2. The summed E-state index contributed by atoms with van der Waals surface area (Å²) in [6, 6.07) is 11.4. The number of para-hydroxylation sites is 2. The molecule has 1 amide bonds. The van der Waals surface area contributed by atoms with Crippen LogP contribution in [-0.2, 0) is 11.3 Å². The van der Waals surface area contributed by atoms with Crippen LogP contribution in [0.1, 0.15) is 17.3 Å². The second-order valence-electron chi connectivity index (χ2n) is 4.70. The first-order valence-electron chi connectivity index (χ1n) is 6.67. The first-order chi connectivity index (χ1) is 10.2. The summed E-state index contributed by atoms with van der Waals surface area (Å²) in [7, 11) is 0. The van der Waals surface area contributed by atoms with Gasteiger partial charge in [-0.1, -0.05) is 12.1 Å². The number of benzene rings is 1. The largest absolute Gasteiger partial charge is 0.462 e. The number of H-pyrrole nitrogens is 1. The van der Waals surface area contributed by atoms with Crippen LogP contribution >= 0.6 is 0 Å². The lowest BCUT2D eigenvalue weighted by Crippen LogP contribution is -2.20. The summed E-state index contributed by atoms with van der Waals surface area (Å²) in [5, 5.41) is 2.78. The Kier molecular flexibility index (Phi) is 3.55. The van der Waals surface area contributed by atoms with Gasteiger partial charge in [0, 0.05) is 6.08 Å². The van der Waals surface area contributed by atoms with Crippen molar-refractivity contribution in [1.29, 1.82) is 0 Å². The number of nitrogens with zero attached hydrogens (tertiary/aromatic N) is 1. The van der Waals surface area contributed by atoms with Crippen molar-refractivity contribution in [3.05, 3.63) is 59.8 Å². The second kappa shape index (κ2) is 5.66. The first kappa shape index (κ1) is 13.2. The predicted molar refractivity (Wildman–Crippen MR) is 80.4 cm³/mol. The van der Waals surface area contributed by atoms with E-state index in [-0.39, 0.29) is 5.91 Å². The zero-order valence-corrected chi connectivity index (χ0v) is 11.6. The molecule has 0 spiro atoms. The molecule has 0 saturated heterocycles. The van der Waals surface area contributed by atoms with Crippen molar-refractivity contribution in [2.75, 3.05) is 0 Å². The molecule has 0 atom stereocenters. The molecule has 2 N–H and O–H groups in total. The number of aromatic nitrogens is 2. The molecule has 2 heterocycles. The van der Waals surface area contributed by atoms with Crippen LogP contribution in [0.3, 0.4) is 0 Å². The molecular formula is C16H15N3O2. The lowest BCUT2D eigenvalue weighted by Gasteiger charge is -1.97. The molecule has 106 valence electrons. The average Bonchev–Trinajstić information content (AvgIpc) is 3.08. The van der Waals surface area contributed by atoms with Crippen molar-refractivity contribution in [1.82, 2.24) is 15.3 Å². The number of aryl methyl sites for hydroxylation is 1. The molecule has 0 aliphatic carbocycles. The number of nitrogens with one attached hydrogen (secondary N) is 2. The van der Waals surface area contributed by atoms with Gasteiger partial charge in [-0.25, -0.2) is 4.98 Å². The summed E-state index contributed by atoms with van der Waals surface area (Å²) < 4.78 is 5.35. The van der Waals surface area contributed by atoms with E-state index in [2.05, 4.69) is 15.3 Å². The minimum absolute atomic E-state index is 0.190. The van der Waals surface area contributed by atoms with Crippen LogP contribution in [0.25, 0.3) is 17.1 Å². The number of amides is 1. The van der Waals surface area contributed by atoms with Gasteiger partial charge in [0.15, 0.2) is 0 Å². The van der Waals surface area contributed by atoms with E-state index >= 15 is 0 Å². The van der Waals surface area contributed by atoms with Crippen molar-refractivity contribution in [2.24, 2.45) is 0 Å². The topological polar surface area (TPSA) is 70.9 Å². The van der Waals surface area contributed by atoms with Crippen LogP contribution in [-0.4, -0.2) is 15.9 Å². The molecular weight excluding hydrogens is 266 g/mol. The third-order valence-electron chi connectivity index (χ3n) is 3.03. The standard InChI is InChI=1S/C16H15N3O2/c1-11-6-7-12(21-11)8-9-16(20)17-10-15-18-13-4-2-3-5-14(13)19-15/h2-9H,10H2,1H3,(H,17,20)(H,18,19)/b9-8+. The van der Waals surface area contributed by atoms with Gasteiger partial charge in [0.2, 0.25) is 5.91 Å². The second-order valence-corrected chi connectivity index (χ2v) is 4.70. The third kappa shape index (κ3) is 3.20. The van der Waals surface area contributed by atoms with Crippen molar-refractivity contribution in [3.63, 3.8) is 0 Å². The maximum absolute atomic E-state index is 11.7. The molecule has 5 heteroatoms. The minimum atomic E-state index is -0.190. The van der Waals surface area contributed by atoms with E-state index < -0.39 is 0 Å². The lowest BCUT2D eigenvalue weighted by molar-refractivity contribution is -0.116. The molecule has 0 aliphatic heterocycles. The molecule has 5 nitrogen and oxygen atoms in total. The SMILES string of the molecule is Cc1ccc(/C=C/C(=O)NCc2nc3ccccc3[nH]2)o1. The molecule has 2 aromatic heterocycles. The molecule has 3 rings (SSSR count). The highest BCUT2D eigenvalue weighted by atomic mass is 16.3. The molecule has 0 fully saturated rings. The van der Waals surface area contributed by atoms with Gasteiger partial charge in [0.25, 0.3) is 0 Å². The van der Waals surface area contributed by atoms with Gasteiger partial charge in [0.1, 0.15) is 17.3 Å². The maximum atomic E-state index is 11.7. The molecule has 1 aromatic carbocycles. The zero-order chi connectivity index (χ0) is 14.7. The minimum Gasteiger partial charge on any atom is -0.462 e. The highest BCUT2D eigenvalue weighted by molar-refractivity contribution is 5.91. The van der Waals surface area contributed by atoms with Gasteiger partial charge in [-0.05, 0) is 37.3 Å². The van der Waals surface area contributed by atoms with Crippen LogP contribution < -0.4 is 5.32 Å². The Morgan fingerprint density at radius 1 is 1.33 bits per heavy atom. The van der Waals surface area contributed by atoms with Gasteiger partial charge in [-0.3, -0.25) is 4.79 Å². The fraction of sp³-hybridized carbons (Fsp3) is 0.125. The molecule has 0 radical (unpaired) electrons. The third-order valence-corrected chi connectivity index (χ3v) is 3.03. The van der Waals surface area contributed by atoms with Gasteiger partial charge in [-0.2, -0.15) is 0 Å². The summed E-state index contributed by atoms with van der Waals surface area (Å²) in [6.45, 7) is 2.22. The van der Waals surface area contributed by atoms with Gasteiger partial charge in [0.05, 0.1) is 17.6 Å². The summed E-state index contributed by atoms with van der Waals surface area (Å²) in [4.78, 5) is 19.3.